The largest absolute Gasteiger partial charge is 0.490 e. The Morgan fingerprint density at radius 2 is 2.09 bits per heavy atom. The molecule has 178 valence electrons. The predicted molar refractivity (Wildman–Crippen MR) is 121 cm³/mol. The second-order valence-electron chi connectivity index (χ2n) is 7.96. The van der Waals surface area contributed by atoms with Crippen LogP contribution in [-0.2, 0) is 23.1 Å². The Balaban J connectivity index is 1.33. The number of rotatable bonds is 6. The summed E-state index contributed by atoms with van der Waals surface area (Å²) in [5.74, 6) is -0.280. The third-order valence-corrected chi connectivity index (χ3v) is 7.63. The Labute approximate surface area is 195 Å². The molecule has 34 heavy (non-hydrogen) atoms. The predicted octanol–water partition coefficient (Wildman–Crippen LogP) is 1.70. The minimum atomic E-state index is -3.92. The van der Waals surface area contributed by atoms with E-state index in [1.54, 1.807) is 18.2 Å². The lowest BCUT2D eigenvalue weighted by Gasteiger charge is -2.30. The molecule has 3 heterocycles. The molecule has 0 atom stereocenters. The fraction of sp³-hybridized carbons (Fsp3) is 0.273. The van der Waals surface area contributed by atoms with Gasteiger partial charge in [-0.1, -0.05) is 6.07 Å². The van der Waals surface area contributed by atoms with Crippen LogP contribution in [0.3, 0.4) is 0 Å². The zero-order chi connectivity index (χ0) is 23.9. The molecule has 10 nitrogen and oxygen atoms in total. The number of carbonyl (C=O) groups excluding carboxylic acids is 1. The number of carbonyl (C=O) groups is 1. The van der Waals surface area contributed by atoms with Crippen LogP contribution in [0.2, 0.25) is 0 Å². The van der Waals surface area contributed by atoms with Crippen LogP contribution in [0, 0.1) is 5.82 Å². The van der Waals surface area contributed by atoms with E-state index < -0.39 is 21.7 Å². The number of aliphatic hydroxyl groups is 1. The number of nitrogens with one attached hydrogen (secondary N) is 2. The van der Waals surface area contributed by atoms with E-state index in [-0.39, 0.29) is 30.4 Å². The van der Waals surface area contributed by atoms with Crippen molar-refractivity contribution < 1.29 is 27.4 Å². The van der Waals surface area contributed by atoms with Crippen molar-refractivity contribution in [3.8, 4) is 5.75 Å². The van der Waals surface area contributed by atoms with E-state index >= 15 is 0 Å². The van der Waals surface area contributed by atoms with Gasteiger partial charge in [-0.3, -0.25) is 9.89 Å². The fourth-order valence-electron chi connectivity index (χ4n) is 4.11. The van der Waals surface area contributed by atoms with Crippen molar-refractivity contribution >= 4 is 27.4 Å². The zero-order valence-electron chi connectivity index (χ0n) is 18.0. The first-order valence-electron chi connectivity index (χ1n) is 10.6. The summed E-state index contributed by atoms with van der Waals surface area (Å²) in [7, 11) is -3.92. The molecule has 0 radical (unpaired) electrons. The van der Waals surface area contributed by atoms with E-state index in [2.05, 4.69) is 15.5 Å². The standard InChI is InChI=1S/C22H22FN5O5S/c23-15-2-1-3-16(11-15)34(31,32)28-12-17-18(13-28)25-26-21(17)24-22(30)14-4-5-19-20(10-14)33-9-7-27(19)6-8-29/h1-5,10-11,29H,6-9,12-13H2,(H2,24,25,26,30). The lowest BCUT2D eigenvalue weighted by atomic mass is 10.1. The number of ether oxygens (including phenoxy) is 1. The first-order chi connectivity index (χ1) is 16.4. The second kappa shape index (κ2) is 8.70. The highest BCUT2D eigenvalue weighted by atomic mass is 32.2. The van der Waals surface area contributed by atoms with Crippen LogP contribution < -0.4 is 15.0 Å². The molecule has 0 saturated heterocycles. The van der Waals surface area contributed by atoms with Crippen LogP contribution in [-0.4, -0.2) is 60.2 Å². The van der Waals surface area contributed by atoms with E-state index in [1.807, 2.05) is 4.90 Å². The minimum Gasteiger partial charge on any atom is -0.490 e. The molecule has 0 aliphatic carbocycles. The van der Waals surface area contributed by atoms with Crippen molar-refractivity contribution in [2.24, 2.45) is 0 Å². The molecule has 3 aromatic rings. The first kappa shape index (κ1) is 22.3. The molecule has 1 amide bonds. The topological polar surface area (TPSA) is 128 Å². The molecule has 0 unspecified atom stereocenters. The van der Waals surface area contributed by atoms with Crippen LogP contribution >= 0.6 is 0 Å². The third-order valence-electron chi connectivity index (χ3n) is 5.84. The Morgan fingerprint density at radius 1 is 1.24 bits per heavy atom. The number of hydrogen-bond acceptors (Lipinski definition) is 7. The van der Waals surface area contributed by atoms with Crippen molar-refractivity contribution in [1.29, 1.82) is 0 Å². The van der Waals surface area contributed by atoms with Crippen LogP contribution in [0.5, 0.6) is 5.75 Å². The van der Waals surface area contributed by atoms with Crippen LogP contribution in [0.25, 0.3) is 0 Å². The molecule has 5 rings (SSSR count). The average molecular weight is 488 g/mol. The van der Waals surface area contributed by atoms with Gasteiger partial charge < -0.3 is 20.1 Å². The highest BCUT2D eigenvalue weighted by Crippen LogP contribution is 2.34. The van der Waals surface area contributed by atoms with Crippen molar-refractivity contribution in [3.05, 3.63) is 65.1 Å². The van der Waals surface area contributed by atoms with Gasteiger partial charge in [-0.05, 0) is 36.4 Å². The SMILES string of the molecule is O=C(Nc1n[nH]c2c1CN(S(=O)(=O)c1cccc(F)c1)C2)c1ccc2c(c1)OCCN2CCO. The van der Waals surface area contributed by atoms with Gasteiger partial charge in [0, 0.05) is 24.2 Å². The Morgan fingerprint density at radius 3 is 2.88 bits per heavy atom. The van der Waals surface area contributed by atoms with Gasteiger partial charge in [0.05, 0.1) is 36.0 Å². The number of hydrogen-bond donors (Lipinski definition) is 3. The molecule has 0 spiro atoms. The number of benzene rings is 2. The zero-order valence-corrected chi connectivity index (χ0v) is 18.8. The fourth-order valence-corrected chi connectivity index (χ4v) is 5.52. The van der Waals surface area contributed by atoms with E-state index in [4.69, 9.17) is 4.74 Å². The van der Waals surface area contributed by atoms with Gasteiger partial charge in [0.2, 0.25) is 10.0 Å². The first-order valence-corrected chi connectivity index (χ1v) is 12.1. The number of H-pyrrole nitrogens is 1. The summed E-state index contributed by atoms with van der Waals surface area (Å²) in [5.41, 5.74) is 2.26. The average Bonchev–Trinajstić information content (AvgIpc) is 3.42. The van der Waals surface area contributed by atoms with Crippen molar-refractivity contribution in [2.75, 3.05) is 36.5 Å². The number of anilines is 2. The maximum atomic E-state index is 13.6. The molecule has 2 aromatic carbocycles. The molecule has 3 N–H and O–H groups in total. The quantitative estimate of drug-likeness (QED) is 0.483. The van der Waals surface area contributed by atoms with E-state index in [9.17, 15) is 22.7 Å². The second-order valence-corrected chi connectivity index (χ2v) is 9.89. The third kappa shape index (κ3) is 4.00. The van der Waals surface area contributed by atoms with E-state index in [0.29, 0.717) is 42.3 Å². The molecule has 1 aromatic heterocycles. The number of nitrogens with zero attached hydrogens (tertiary/aromatic N) is 3. The minimum absolute atomic E-state index is 0.0102. The highest BCUT2D eigenvalue weighted by Gasteiger charge is 2.34. The van der Waals surface area contributed by atoms with Gasteiger partial charge in [0.1, 0.15) is 18.2 Å². The summed E-state index contributed by atoms with van der Waals surface area (Å²) >= 11 is 0. The van der Waals surface area contributed by atoms with Crippen molar-refractivity contribution in [2.45, 2.75) is 18.0 Å². The van der Waals surface area contributed by atoms with Crippen molar-refractivity contribution in [3.63, 3.8) is 0 Å². The van der Waals surface area contributed by atoms with Gasteiger partial charge in [-0.25, -0.2) is 12.8 Å². The van der Waals surface area contributed by atoms with Crippen LogP contribution in [0.15, 0.2) is 47.4 Å². The Kier molecular flexibility index (Phi) is 5.71. The normalized spacial score (nSPS) is 15.5. The molecule has 12 heteroatoms. The summed E-state index contributed by atoms with van der Waals surface area (Å²) < 4.78 is 46.3. The van der Waals surface area contributed by atoms with Gasteiger partial charge in [0.15, 0.2) is 5.82 Å². The lowest BCUT2D eigenvalue weighted by molar-refractivity contribution is 0.102. The molecule has 0 saturated carbocycles. The number of sulfonamides is 1. The summed E-state index contributed by atoms with van der Waals surface area (Å²) in [4.78, 5) is 14.7. The number of aromatic amines is 1. The number of fused-ring (bicyclic) bond motifs is 2. The van der Waals surface area contributed by atoms with Crippen LogP contribution in [0.1, 0.15) is 21.6 Å². The molecular formula is C22H22FN5O5S. The van der Waals surface area contributed by atoms with Gasteiger partial charge >= 0.3 is 0 Å². The number of β-amino-alcohol motifs (C(OH)–C–C–N with tert-alkyl or cyclic N) is 1. The van der Waals surface area contributed by atoms with E-state index in [1.165, 1.54) is 22.5 Å². The maximum absolute atomic E-state index is 13.6. The molecule has 2 aliphatic rings. The summed E-state index contributed by atoms with van der Waals surface area (Å²) in [5, 5.41) is 18.9. The molecule has 0 bridgehead atoms. The number of halogens is 1. The molecule has 0 fully saturated rings. The van der Waals surface area contributed by atoms with Crippen LogP contribution in [0.4, 0.5) is 15.9 Å². The Bertz CT molecular complexity index is 1360. The van der Waals surface area contributed by atoms with Gasteiger partial charge in [-0.15, -0.1) is 0 Å². The summed E-state index contributed by atoms with van der Waals surface area (Å²) in [6.45, 7) is 1.59. The smallest absolute Gasteiger partial charge is 0.257 e. The van der Waals surface area contributed by atoms with E-state index in [0.717, 1.165) is 11.8 Å². The molecular weight excluding hydrogens is 465 g/mol. The highest BCUT2D eigenvalue weighted by molar-refractivity contribution is 7.89. The monoisotopic (exact) mass is 487 g/mol. The summed E-state index contributed by atoms with van der Waals surface area (Å²) in [6.07, 6.45) is 0. The number of aromatic nitrogens is 2. The van der Waals surface area contributed by atoms with Crippen molar-refractivity contribution in [1.82, 2.24) is 14.5 Å². The molecule has 2 aliphatic heterocycles. The maximum Gasteiger partial charge on any atom is 0.257 e. The van der Waals surface area contributed by atoms with Gasteiger partial charge in [0.25, 0.3) is 5.91 Å². The number of aliphatic hydroxyl groups excluding tert-OH is 1. The number of amides is 1. The lowest BCUT2D eigenvalue weighted by Crippen LogP contribution is -2.35. The van der Waals surface area contributed by atoms with Gasteiger partial charge in [-0.2, -0.15) is 9.40 Å². The Hall–Kier alpha value is -3.48. The summed E-state index contributed by atoms with van der Waals surface area (Å²) in [6, 6.07) is 9.88.